The van der Waals surface area contributed by atoms with Crippen molar-refractivity contribution < 1.29 is 14.4 Å². The predicted octanol–water partition coefficient (Wildman–Crippen LogP) is -0.907. The zero-order chi connectivity index (χ0) is 15.1. The van der Waals surface area contributed by atoms with Crippen LogP contribution in [-0.2, 0) is 14.4 Å². The van der Waals surface area contributed by atoms with Crippen LogP contribution in [0.4, 0.5) is 0 Å². The van der Waals surface area contributed by atoms with Crippen LogP contribution in [0.15, 0.2) is 30.3 Å². The molecule has 0 aliphatic carbocycles. The van der Waals surface area contributed by atoms with E-state index in [0.717, 1.165) is 4.90 Å². The smallest absolute Gasteiger partial charge is 0.245 e. The lowest BCUT2D eigenvalue weighted by molar-refractivity contribution is -0.138. The Balaban J connectivity index is 3.00. The fraction of sp³-hybridized carbons (Fsp3) is 0.231. The number of nitrogens with zero attached hydrogens (tertiary/aromatic N) is 2. The highest BCUT2D eigenvalue weighted by molar-refractivity contribution is 5.92. The van der Waals surface area contributed by atoms with E-state index in [4.69, 9.17) is 16.7 Å². The van der Waals surface area contributed by atoms with Gasteiger partial charge >= 0.3 is 0 Å². The van der Waals surface area contributed by atoms with Crippen LogP contribution < -0.4 is 11.5 Å². The molecule has 1 atom stereocenters. The number of nitrogens with two attached hydrogens (primary N) is 2. The quantitative estimate of drug-likeness (QED) is 0.695. The summed E-state index contributed by atoms with van der Waals surface area (Å²) in [6.07, 6.45) is 0. The highest BCUT2D eigenvalue weighted by Crippen LogP contribution is 2.17. The van der Waals surface area contributed by atoms with Crippen molar-refractivity contribution in [3.05, 3.63) is 35.9 Å². The van der Waals surface area contributed by atoms with Gasteiger partial charge in [-0.15, -0.1) is 0 Å². The van der Waals surface area contributed by atoms with E-state index >= 15 is 0 Å². The summed E-state index contributed by atoms with van der Waals surface area (Å²) in [5.74, 6) is -3.38. The summed E-state index contributed by atoms with van der Waals surface area (Å²) in [7, 11) is 0. The molecule has 1 aromatic rings. The lowest BCUT2D eigenvalue weighted by atomic mass is 9.99. The lowest BCUT2D eigenvalue weighted by Gasteiger charge is -2.22. The SMILES string of the molecule is N#CC(C(=O)N(CC(N)=O)CC(N)=O)c1ccccc1. The molecule has 0 aromatic heterocycles. The first-order chi connectivity index (χ1) is 9.45. The monoisotopic (exact) mass is 274 g/mol. The molecule has 7 heteroatoms. The molecule has 0 saturated carbocycles. The fourth-order valence-electron chi connectivity index (χ4n) is 1.69. The Morgan fingerprint density at radius 3 is 2.00 bits per heavy atom. The molecule has 104 valence electrons. The number of amides is 3. The van der Waals surface area contributed by atoms with Crippen molar-refractivity contribution in [2.45, 2.75) is 5.92 Å². The van der Waals surface area contributed by atoms with E-state index in [-0.39, 0.29) is 0 Å². The molecule has 0 radical (unpaired) electrons. The molecule has 1 rings (SSSR count). The van der Waals surface area contributed by atoms with Crippen molar-refractivity contribution in [3.8, 4) is 6.07 Å². The molecule has 7 nitrogen and oxygen atoms in total. The van der Waals surface area contributed by atoms with Gasteiger partial charge in [0.2, 0.25) is 17.7 Å². The molecule has 0 aliphatic heterocycles. The number of primary amides is 2. The van der Waals surface area contributed by atoms with Crippen LogP contribution in [0.2, 0.25) is 0 Å². The molecule has 0 aliphatic rings. The molecular formula is C13H14N4O3. The Morgan fingerprint density at radius 1 is 1.10 bits per heavy atom. The van der Waals surface area contributed by atoms with Gasteiger partial charge in [0, 0.05) is 0 Å². The summed E-state index contributed by atoms with van der Waals surface area (Å²) in [5.41, 5.74) is 10.5. The van der Waals surface area contributed by atoms with Gasteiger partial charge in [-0.2, -0.15) is 5.26 Å². The molecule has 0 fully saturated rings. The largest absolute Gasteiger partial charge is 0.368 e. The Morgan fingerprint density at radius 2 is 1.60 bits per heavy atom. The van der Waals surface area contributed by atoms with E-state index in [9.17, 15) is 14.4 Å². The van der Waals surface area contributed by atoms with E-state index < -0.39 is 36.7 Å². The molecule has 0 spiro atoms. The zero-order valence-electron chi connectivity index (χ0n) is 10.7. The second-order valence-electron chi connectivity index (χ2n) is 4.10. The number of hydrogen-bond acceptors (Lipinski definition) is 4. The third-order valence-electron chi connectivity index (χ3n) is 2.51. The van der Waals surface area contributed by atoms with Gasteiger partial charge in [0.05, 0.1) is 19.2 Å². The number of carbonyl (C=O) groups excluding carboxylic acids is 3. The third-order valence-corrected chi connectivity index (χ3v) is 2.51. The van der Waals surface area contributed by atoms with Crippen molar-refractivity contribution >= 4 is 17.7 Å². The summed E-state index contributed by atoms with van der Waals surface area (Å²) >= 11 is 0. The topological polar surface area (TPSA) is 130 Å². The van der Waals surface area contributed by atoms with Crippen LogP contribution >= 0.6 is 0 Å². The zero-order valence-corrected chi connectivity index (χ0v) is 10.7. The molecule has 1 aromatic carbocycles. The average Bonchev–Trinajstić information content (AvgIpc) is 2.39. The maximum absolute atomic E-state index is 12.2. The summed E-state index contributed by atoms with van der Waals surface area (Å²) in [6, 6.07) is 10.2. The van der Waals surface area contributed by atoms with Gasteiger partial charge in [-0.25, -0.2) is 0 Å². The average molecular weight is 274 g/mol. The summed E-state index contributed by atoms with van der Waals surface area (Å²) in [4.78, 5) is 35.0. The van der Waals surface area contributed by atoms with E-state index in [1.54, 1.807) is 30.3 Å². The standard InChI is InChI=1S/C13H14N4O3/c14-6-10(9-4-2-1-3-5-9)13(20)17(7-11(15)18)8-12(16)19/h1-5,10H,7-8H2,(H2,15,18)(H2,16,19). The van der Waals surface area contributed by atoms with E-state index in [0.29, 0.717) is 5.56 Å². The minimum absolute atomic E-state index is 0.465. The van der Waals surface area contributed by atoms with Crippen molar-refractivity contribution in [2.24, 2.45) is 11.5 Å². The Kier molecular flexibility index (Phi) is 5.23. The summed E-state index contributed by atoms with van der Waals surface area (Å²) in [6.45, 7) is -0.931. The van der Waals surface area contributed by atoms with Crippen LogP contribution in [0.1, 0.15) is 11.5 Å². The Bertz CT molecular complexity index is 534. The number of rotatable bonds is 6. The van der Waals surface area contributed by atoms with Gasteiger partial charge in [-0.3, -0.25) is 14.4 Å². The van der Waals surface area contributed by atoms with Gasteiger partial charge in [-0.1, -0.05) is 30.3 Å². The number of hydrogen-bond donors (Lipinski definition) is 2. The molecule has 0 heterocycles. The molecule has 0 saturated heterocycles. The maximum Gasteiger partial charge on any atom is 0.245 e. The minimum atomic E-state index is -1.12. The summed E-state index contributed by atoms with van der Waals surface area (Å²) < 4.78 is 0. The van der Waals surface area contributed by atoms with Crippen molar-refractivity contribution in [3.63, 3.8) is 0 Å². The van der Waals surface area contributed by atoms with Crippen LogP contribution in [0.3, 0.4) is 0 Å². The van der Waals surface area contributed by atoms with E-state index in [2.05, 4.69) is 0 Å². The Labute approximate surface area is 115 Å². The van der Waals surface area contributed by atoms with Gasteiger partial charge in [0.1, 0.15) is 5.92 Å². The second-order valence-corrected chi connectivity index (χ2v) is 4.10. The second kappa shape index (κ2) is 6.89. The highest BCUT2D eigenvalue weighted by atomic mass is 16.2. The number of benzene rings is 1. The highest BCUT2D eigenvalue weighted by Gasteiger charge is 2.27. The van der Waals surface area contributed by atoms with Crippen LogP contribution in [0.5, 0.6) is 0 Å². The van der Waals surface area contributed by atoms with Crippen LogP contribution in [-0.4, -0.2) is 35.7 Å². The molecule has 20 heavy (non-hydrogen) atoms. The van der Waals surface area contributed by atoms with Crippen molar-refractivity contribution in [1.29, 1.82) is 5.26 Å². The van der Waals surface area contributed by atoms with Gasteiger partial charge in [0.15, 0.2) is 0 Å². The first-order valence-corrected chi connectivity index (χ1v) is 5.75. The Hall–Kier alpha value is -2.88. The van der Waals surface area contributed by atoms with Gasteiger partial charge in [-0.05, 0) is 5.56 Å². The van der Waals surface area contributed by atoms with E-state index in [1.165, 1.54) is 0 Å². The molecule has 3 amide bonds. The molecule has 0 bridgehead atoms. The molecule has 4 N–H and O–H groups in total. The first kappa shape index (κ1) is 15.2. The van der Waals surface area contributed by atoms with E-state index in [1.807, 2.05) is 6.07 Å². The molecular weight excluding hydrogens is 260 g/mol. The number of nitriles is 1. The van der Waals surface area contributed by atoms with Crippen molar-refractivity contribution in [1.82, 2.24) is 4.90 Å². The predicted molar refractivity (Wildman–Crippen MR) is 69.8 cm³/mol. The lowest BCUT2D eigenvalue weighted by Crippen LogP contribution is -2.45. The van der Waals surface area contributed by atoms with Gasteiger partial charge in [0.25, 0.3) is 0 Å². The van der Waals surface area contributed by atoms with Crippen molar-refractivity contribution in [2.75, 3.05) is 13.1 Å². The first-order valence-electron chi connectivity index (χ1n) is 5.75. The van der Waals surface area contributed by atoms with Crippen LogP contribution in [0, 0.1) is 11.3 Å². The minimum Gasteiger partial charge on any atom is -0.368 e. The fourth-order valence-corrected chi connectivity index (χ4v) is 1.69. The normalized spacial score (nSPS) is 11.2. The number of carbonyl (C=O) groups is 3. The summed E-state index contributed by atoms with van der Waals surface area (Å²) in [5, 5.41) is 9.14. The van der Waals surface area contributed by atoms with Gasteiger partial charge < -0.3 is 16.4 Å². The maximum atomic E-state index is 12.2. The van der Waals surface area contributed by atoms with Crippen LogP contribution in [0.25, 0.3) is 0 Å². The molecule has 1 unspecified atom stereocenters. The third kappa shape index (κ3) is 4.10.